The molecule has 1 aliphatic heterocycles. The fourth-order valence-electron chi connectivity index (χ4n) is 3.52. The number of nitrogens with two attached hydrogens (primary N) is 1. The average Bonchev–Trinajstić information content (AvgIpc) is 3.51. The van der Waals surface area contributed by atoms with E-state index in [1.54, 1.807) is 30.3 Å². The second-order valence-electron chi connectivity index (χ2n) is 7.38. The van der Waals surface area contributed by atoms with E-state index in [9.17, 15) is 18.0 Å². The third kappa shape index (κ3) is 3.53. The highest BCUT2D eigenvalue weighted by Gasteiger charge is 2.49. The lowest BCUT2D eigenvalue weighted by Crippen LogP contribution is -2.41. The van der Waals surface area contributed by atoms with Crippen molar-refractivity contribution < 1.29 is 22.7 Å². The molecule has 1 unspecified atom stereocenters. The van der Waals surface area contributed by atoms with Gasteiger partial charge < -0.3 is 10.5 Å². The molecule has 2 aliphatic rings. The van der Waals surface area contributed by atoms with Crippen LogP contribution in [-0.4, -0.2) is 30.4 Å². The Morgan fingerprint density at radius 2 is 1.93 bits per heavy atom. The maximum atomic E-state index is 14.7. The van der Waals surface area contributed by atoms with Gasteiger partial charge in [-0.15, -0.1) is 0 Å². The topological polar surface area (TPSA) is 67.9 Å². The minimum atomic E-state index is -2.96. The fraction of sp³-hybridized carbons (Fsp3) is 0.273. The van der Waals surface area contributed by atoms with Crippen LogP contribution in [0.2, 0.25) is 0 Å². The summed E-state index contributed by atoms with van der Waals surface area (Å²) in [7, 11) is 1.49. The molecule has 2 aromatic rings. The standard InChI is InChI=1S/C22H20F3N3O2/c1-28-19(29)22(27-21(28)26,15-7-9-17(10-8-15)30-20(24)25)16-4-2-3-14(12-16)18(23)11-13-5-6-13/h2-4,7-13,20H,5-6H2,1H3,(H2,26,27)/b18-11+. The summed E-state index contributed by atoms with van der Waals surface area (Å²) < 4.78 is 44.0. The van der Waals surface area contributed by atoms with Crippen molar-refractivity contribution in [2.45, 2.75) is 25.0 Å². The lowest BCUT2D eigenvalue weighted by atomic mass is 9.82. The number of rotatable bonds is 6. The van der Waals surface area contributed by atoms with Crippen LogP contribution in [0, 0.1) is 5.92 Å². The number of amides is 1. The number of alkyl halides is 2. The van der Waals surface area contributed by atoms with Gasteiger partial charge in [0.1, 0.15) is 11.6 Å². The van der Waals surface area contributed by atoms with Crippen LogP contribution in [0.15, 0.2) is 59.6 Å². The molecule has 2 aromatic carbocycles. The Bertz CT molecular complexity index is 1030. The zero-order valence-electron chi connectivity index (χ0n) is 16.2. The van der Waals surface area contributed by atoms with Gasteiger partial charge in [0, 0.05) is 12.6 Å². The molecular formula is C22H20F3N3O2. The van der Waals surface area contributed by atoms with E-state index >= 15 is 0 Å². The molecule has 2 N–H and O–H groups in total. The molecule has 5 nitrogen and oxygen atoms in total. The molecule has 1 atom stereocenters. The number of carbonyl (C=O) groups excluding carboxylic acids is 1. The summed E-state index contributed by atoms with van der Waals surface area (Å²) in [4.78, 5) is 18.9. The smallest absolute Gasteiger partial charge is 0.387 e. The van der Waals surface area contributed by atoms with E-state index in [0.29, 0.717) is 16.7 Å². The number of ether oxygens (including phenoxy) is 1. The second kappa shape index (κ2) is 7.51. The van der Waals surface area contributed by atoms with Gasteiger partial charge in [0.15, 0.2) is 11.5 Å². The van der Waals surface area contributed by atoms with Crippen LogP contribution in [0.1, 0.15) is 29.5 Å². The predicted octanol–water partition coefficient (Wildman–Crippen LogP) is 4.04. The Labute approximate surface area is 171 Å². The number of nitrogens with zero attached hydrogens (tertiary/aromatic N) is 2. The summed E-state index contributed by atoms with van der Waals surface area (Å²) in [6.07, 6.45) is 3.52. The molecule has 0 bridgehead atoms. The van der Waals surface area contributed by atoms with Crippen molar-refractivity contribution in [2.75, 3.05) is 7.05 Å². The quantitative estimate of drug-likeness (QED) is 0.774. The number of allylic oxidation sites excluding steroid dienone is 1. The summed E-state index contributed by atoms with van der Waals surface area (Å²) in [5.74, 6) is -0.575. The van der Waals surface area contributed by atoms with Crippen LogP contribution in [0.4, 0.5) is 13.2 Å². The number of benzene rings is 2. The highest BCUT2D eigenvalue weighted by Crippen LogP contribution is 2.41. The fourth-order valence-corrected chi connectivity index (χ4v) is 3.52. The highest BCUT2D eigenvalue weighted by atomic mass is 19.3. The summed E-state index contributed by atoms with van der Waals surface area (Å²) in [6, 6.07) is 12.1. The van der Waals surface area contributed by atoms with Crippen LogP contribution in [0.3, 0.4) is 0 Å². The summed E-state index contributed by atoms with van der Waals surface area (Å²) in [5, 5.41) is 0. The number of carbonyl (C=O) groups is 1. The van der Waals surface area contributed by atoms with Gasteiger partial charge >= 0.3 is 6.61 Å². The van der Waals surface area contributed by atoms with Gasteiger partial charge in [-0.3, -0.25) is 9.69 Å². The molecule has 1 fully saturated rings. The van der Waals surface area contributed by atoms with Gasteiger partial charge in [-0.25, -0.2) is 9.38 Å². The number of likely N-dealkylation sites (N-methyl/N-ethyl adjacent to an activating group) is 1. The van der Waals surface area contributed by atoms with Crippen molar-refractivity contribution in [3.05, 3.63) is 71.3 Å². The highest BCUT2D eigenvalue weighted by molar-refractivity contribution is 6.09. The van der Waals surface area contributed by atoms with Crippen molar-refractivity contribution in [3.63, 3.8) is 0 Å². The molecule has 0 aromatic heterocycles. The van der Waals surface area contributed by atoms with Gasteiger partial charge in [-0.1, -0.05) is 30.3 Å². The molecule has 8 heteroatoms. The van der Waals surface area contributed by atoms with E-state index in [4.69, 9.17) is 5.73 Å². The molecule has 156 valence electrons. The van der Waals surface area contributed by atoms with Crippen molar-refractivity contribution in [1.29, 1.82) is 0 Å². The van der Waals surface area contributed by atoms with Crippen molar-refractivity contribution in [2.24, 2.45) is 16.6 Å². The van der Waals surface area contributed by atoms with Gasteiger partial charge in [-0.2, -0.15) is 8.78 Å². The minimum absolute atomic E-state index is 0.00676. The van der Waals surface area contributed by atoms with Crippen LogP contribution >= 0.6 is 0 Å². The Balaban J connectivity index is 1.81. The molecule has 1 aliphatic carbocycles. The van der Waals surface area contributed by atoms with Gasteiger partial charge in [-0.05, 0) is 54.2 Å². The van der Waals surface area contributed by atoms with Crippen molar-refractivity contribution in [1.82, 2.24) is 4.90 Å². The lowest BCUT2D eigenvalue weighted by molar-refractivity contribution is -0.129. The van der Waals surface area contributed by atoms with E-state index < -0.39 is 18.1 Å². The first-order valence-electron chi connectivity index (χ1n) is 9.48. The third-order valence-electron chi connectivity index (χ3n) is 5.30. The first-order chi connectivity index (χ1) is 14.3. The van der Waals surface area contributed by atoms with Gasteiger partial charge in [0.25, 0.3) is 5.91 Å². The largest absolute Gasteiger partial charge is 0.435 e. The molecular weight excluding hydrogens is 395 g/mol. The number of aliphatic imine (C=N–C) groups is 1. The van der Waals surface area contributed by atoms with Crippen LogP contribution in [0.25, 0.3) is 5.83 Å². The Kier molecular flexibility index (Phi) is 5.01. The Morgan fingerprint density at radius 3 is 2.50 bits per heavy atom. The van der Waals surface area contributed by atoms with Crippen molar-refractivity contribution in [3.8, 4) is 5.75 Å². The molecule has 1 heterocycles. The van der Waals surface area contributed by atoms with E-state index in [0.717, 1.165) is 12.8 Å². The van der Waals surface area contributed by atoms with Crippen LogP contribution < -0.4 is 10.5 Å². The number of hydrogen-bond donors (Lipinski definition) is 1. The molecule has 30 heavy (non-hydrogen) atoms. The molecule has 1 saturated carbocycles. The predicted molar refractivity (Wildman–Crippen MR) is 106 cm³/mol. The zero-order chi connectivity index (χ0) is 21.5. The second-order valence-corrected chi connectivity index (χ2v) is 7.38. The third-order valence-corrected chi connectivity index (χ3v) is 5.30. The van der Waals surface area contributed by atoms with Crippen molar-refractivity contribution >= 4 is 17.7 Å². The summed E-state index contributed by atoms with van der Waals surface area (Å²) >= 11 is 0. The molecule has 1 amide bonds. The summed E-state index contributed by atoms with van der Waals surface area (Å²) in [6.45, 7) is -2.96. The molecule has 0 spiro atoms. The molecule has 0 saturated heterocycles. The Hall–Kier alpha value is -3.29. The maximum absolute atomic E-state index is 14.7. The first-order valence-corrected chi connectivity index (χ1v) is 9.48. The number of halogens is 3. The monoisotopic (exact) mass is 415 g/mol. The summed E-state index contributed by atoms with van der Waals surface area (Å²) in [5.41, 5.74) is 5.57. The number of hydrogen-bond acceptors (Lipinski definition) is 4. The van der Waals surface area contributed by atoms with E-state index in [1.807, 2.05) is 0 Å². The van der Waals surface area contributed by atoms with Crippen LogP contribution in [-0.2, 0) is 10.3 Å². The molecule has 4 rings (SSSR count). The normalized spacial score (nSPS) is 21.9. The van der Waals surface area contributed by atoms with Gasteiger partial charge in [0.2, 0.25) is 0 Å². The van der Waals surface area contributed by atoms with Gasteiger partial charge in [0.05, 0.1) is 0 Å². The lowest BCUT2D eigenvalue weighted by Gasteiger charge is -2.26. The maximum Gasteiger partial charge on any atom is 0.387 e. The van der Waals surface area contributed by atoms with E-state index in [-0.39, 0.29) is 23.5 Å². The van der Waals surface area contributed by atoms with E-state index in [1.165, 1.54) is 36.2 Å². The zero-order valence-corrected chi connectivity index (χ0v) is 16.2. The number of guanidine groups is 1. The minimum Gasteiger partial charge on any atom is -0.435 e. The average molecular weight is 415 g/mol. The SMILES string of the molecule is CN1C(=O)C(c2ccc(OC(F)F)cc2)(c2cccc(/C(F)=C\C3CC3)c2)N=C1N. The van der Waals surface area contributed by atoms with E-state index in [2.05, 4.69) is 9.73 Å². The first kappa shape index (κ1) is 20.0. The Morgan fingerprint density at radius 1 is 1.23 bits per heavy atom. The molecule has 0 radical (unpaired) electrons. The van der Waals surface area contributed by atoms with Crippen LogP contribution in [0.5, 0.6) is 5.75 Å².